The molecule has 0 aliphatic heterocycles. The molecule has 0 radical (unpaired) electrons. The second-order valence-electron chi connectivity index (χ2n) is 5.12. The number of aryl methyl sites for hydroxylation is 1. The summed E-state index contributed by atoms with van der Waals surface area (Å²) < 4.78 is 5.18. The second kappa shape index (κ2) is 5.55. The Morgan fingerprint density at radius 1 is 1.26 bits per heavy atom. The molecule has 1 saturated carbocycles. The Hall–Kier alpha value is -1.64. The zero-order chi connectivity index (χ0) is 13.9. The van der Waals surface area contributed by atoms with Crippen molar-refractivity contribution in [2.24, 2.45) is 0 Å². The summed E-state index contributed by atoms with van der Waals surface area (Å²) in [4.78, 5) is 24.8. The van der Waals surface area contributed by atoms with Crippen LogP contribution in [-0.2, 0) is 19.7 Å². The van der Waals surface area contributed by atoms with Crippen LogP contribution in [0.3, 0.4) is 0 Å². The molecule has 1 atom stereocenters. The van der Waals surface area contributed by atoms with E-state index in [9.17, 15) is 9.59 Å². The lowest BCUT2D eigenvalue weighted by Crippen LogP contribution is -2.47. The predicted molar refractivity (Wildman–Crippen MR) is 73.0 cm³/mol. The monoisotopic (exact) mass is 260 g/mol. The highest BCUT2D eigenvalue weighted by Crippen LogP contribution is 2.38. The molecule has 0 spiro atoms. The summed E-state index contributed by atoms with van der Waals surface area (Å²) in [5, 5.41) is 0. The van der Waals surface area contributed by atoms with E-state index in [1.54, 1.807) is 6.92 Å². The molecule has 3 heteroatoms. The molecule has 0 bridgehead atoms. The van der Waals surface area contributed by atoms with Crippen LogP contribution in [0.5, 0.6) is 0 Å². The number of hydrogen-bond acceptors (Lipinski definition) is 3. The van der Waals surface area contributed by atoms with Crippen LogP contribution >= 0.6 is 0 Å². The molecule has 1 aromatic rings. The molecule has 102 valence electrons. The van der Waals surface area contributed by atoms with Gasteiger partial charge in [0.05, 0.1) is 6.61 Å². The Balaban J connectivity index is 2.46. The number of carbonyl (C=O) groups is 2. The Labute approximate surface area is 114 Å². The zero-order valence-electron chi connectivity index (χ0n) is 11.6. The fourth-order valence-corrected chi connectivity index (χ4v) is 2.76. The third kappa shape index (κ3) is 2.42. The van der Waals surface area contributed by atoms with Crippen LogP contribution < -0.4 is 0 Å². The van der Waals surface area contributed by atoms with Crippen LogP contribution in [0.25, 0.3) is 0 Å². The topological polar surface area (TPSA) is 43.4 Å². The maximum Gasteiger partial charge on any atom is 0.324 e. The van der Waals surface area contributed by atoms with Gasteiger partial charge in [0, 0.05) is 6.42 Å². The van der Waals surface area contributed by atoms with Crippen molar-refractivity contribution in [3.05, 3.63) is 35.4 Å². The molecule has 0 heterocycles. The molecule has 19 heavy (non-hydrogen) atoms. The number of ketones is 1. The van der Waals surface area contributed by atoms with Gasteiger partial charge in [-0.25, -0.2) is 0 Å². The number of Topliss-reactive ketones (excluding diaryl/α,β-unsaturated/α-hetero) is 1. The van der Waals surface area contributed by atoms with E-state index in [1.165, 1.54) is 0 Å². The van der Waals surface area contributed by atoms with E-state index in [2.05, 4.69) is 0 Å². The molecule has 1 aliphatic carbocycles. The summed E-state index contributed by atoms with van der Waals surface area (Å²) in [5.41, 5.74) is 0.828. The van der Waals surface area contributed by atoms with Crippen LogP contribution in [0, 0.1) is 6.92 Å². The number of benzene rings is 1. The first-order valence-electron chi connectivity index (χ1n) is 6.89. The van der Waals surface area contributed by atoms with E-state index in [-0.39, 0.29) is 11.8 Å². The molecule has 2 rings (SSSR count). The number of esters is 1. The van der Waals surface area contributed by atoms with Crippen LogP contribution in [0.2, 0.25) is 0 Å². The molecule has 1 aliphatic rings. The fourth-order valence-electron chi connectivity index (χ4n) is 2.76. The lowest BCUT2D eigenvalue weighted by atomic mass is 9.68. The van der Waals surface area contributed by atoms with E-state index in [0.29, 0.717) is 19.4 Å². The van der Waals surface area contributed by atoms with Gasteiger partial charge in [-0.05, 0) is 32.3 Å². The number of carbonyl (C=O) groups excluding carboxylic acids is 2. The van der Waals surface area contributed by atoms with Crippen molar-refractivity contribution in [1.29, 1.82) is 0 Å². The van der Waals surface area contributed by atoms with E-state index in [0.717, 1.165) is 24.0 Å². The van der Waals surface area contributed by atoms with Gasteiger partial charge < -0.3 is 4.74 Å². The molecular formula is C16H20O3. The maximum atomic E-state index is 12.4. The van der Waals surface area contributed by atoms with Crippen molar-refractivity contribution >= 4 is 11.8 Å². The average molecular weight is 260 g/mol. The van der Waals surface area contributed by atoms with E-state index >= 15 is 0 Å². The molecule has 0 aromatic heterocycles. The van der Waals surface area contributed by atoms with Gasteiger partial charge in [0.15, 0.2) is 11.2 Å². The Kier molecular flexibility index (Phi) is 4.03. The minimum absolute atomic E-state index is 0.000975. The quantitative estimate of drug-likeness (QED) is 0.620. The van der Waals surface area contributed by atoms with Gasteiger partial charge >= 0.3 is 5.97 Å². The van der Waals surface area contributed by atoms with Gasteiger partial charge in [0.1, 0.15) is 0 Å². The second-order valence-corrected chi connectivity index (χ2v) is 5.12. The molecule has 1 fully saturated rings. The largest absolute Gasteiger partial charge is 0.465 e. The lowest BCUT2D eigenvalue weighted by molar-refractivity contribution is -0.155. The highest BCUT2D eigenvalue weighted by molar-refractivity contribution is 6.10. The zero-order valence-corrected chi connectivity index (χ0v) is 11.6. The molecule has 0 saturated heterocycles. The minimum Gasteiger partial charge on any atom is -0.465 e. The van der Waals surface area contributed by atoms with Crippen LogP contribution in [0.15, 0.2) is 24.3 Å². The van der Waals surface area contributed by atoms with Crippen molar-refractivity contribution in [2.75, 3.05) is 6.61 Å². The summed E-state index contributed by atoms with van der Waals surface area (Å²) in [6.45, 7) is 4.07. The van der Waals surface area contributed by atoms with E-state index in [1.807, 2.05) is 31.2 Å². The van der Waals surface area contributed by atoms with Gasteiger partial charge in [0.25, 0.3) is 0 Å². The third-order valence-electron chi connectivity index (χ3n) is 3.85. The van der Waals surface area contributed by atoms with Crippen LogP contribution in [-0.4, -0.2) is 18.4 Å². The smallest absolute Gasteiger partial charge is 0.324 e. The van der Waals surface area contributed by atoms with Crippen molar-refractivity contribution in [2.45, 2.75) is 44.9 Å². The van der Waals surface area contributed by atoms with E-state index < -0.39 is 5.41 Å². The minimum atomic E-state index is -1.07. The molecule has 1 aromatic carbocycles. The fraction of sp³-hybridized carbons (Fsp3) is 0.500. The van der Waals surface area contributed by atoms with Gasteiger partial charge in [-0.1, -0.05) is 36.2 Å². The summed E-state index contributed by atoms with van der Waals surface area (Å²) in [7, 11) is 0. The molecular weight excluding hydrogens is 240 g/mol. The predicted octanol–water partition coefficient (Wildman–Crippen LogP) is 2.94. The van der Waals surface area contributed by atoms with Crippen molar-refractivity contribution in [3.63, 3.8) is 0 Å². The van der Waals surface area contributed by atoms with Crippen LogP contribution in [0.1, 0.15) is 43.7 Å². The first-order valence-corrected chi connectivity index (χ1v) is 6.89. The highest BCUT2D eigenvalue weighted by atomic mass is 16.5. The molecule has 0 unspecified atom stereocenters. The number of rotatable bonds is 3. The third-order valence-corrected chi connectivity index (χ3v) is 3.85. The Bertz CT molecular complexity index is 475. The standard InChI is InChI=1S/C16H20O3/c1-3-19-15(18)16(11-5-4-6-14(16)17)13-9-7-12(2)8-10-13/h7-10H,3-6,11H2,1-2H3/t16-/m1/s1. The highest BCUT2D eigenvalue weighted by Gasteiger charge is 2.49. The normalized spacial score (nSPS) is 23.2. The average Bonchev–Trinajstić information content (AvgIpc) is 2.41. The Morgan fingerprint density at radius 2 is 1.95 bits per heavy atom. The first kappa shape index (κ1) is 13.8. The van der Waals surface area contributed by atoms with Crippen molar-refractivity contribution in [3.8, 4) is 0 Å². The van der Waals surface area contributed by atoms with Gasteiger partial charge in [0.2, 0.25) is 0 Å². The first-order chi connectivity index (χ1) is 9.11. The SMILES string of the molecule is CCOC(=O)[C@@]1(c2ccc(C)cc2)CCCCC1=O. The van der Waals surface area contributed by atoms with Gasteiger partial charge in [-0.2, -0.15) is 0 Å². The van der Waals surface area contributed by atoms with Crippen molar-refractivity contribution in [1.82, 2.24) is 0 Å². The maximum absolute atomic E-state index is 12.4. The number of ether oxygens (including phenoxy) is 1. The van der Waals surface area contributed by atoms with Gasteiger partial charge in [-0.3, -0.25) is 9.59 Å². The van der Waals surface area contributed by atoms with Crippen molar-refractivity contribution < 1.29 is 14.3 Å². The van der Waals surface area contributed by atoms with Gasteiger partial charge in [-0.15, -0.1) is 0 Å². The summed E-state index contributed by atoms with van der Waals surface area (Å²) in [6, 6.07) is 7.65. The molecule has 0 amide bonds. The van der Waals surface area contributed by atoms with E-state index in [4.69, 9.17) is 4.74 Å². The Morgan fingerprint density at radius 3 is 2.53 bits per heavy atom. The summed E-state index contributed by atoms with van der Waals surface area (Å²) >= 11 is 0. The molecule has 0 N–H and O–H groups in total. The van der Waals surface area contributed by atoms with Crippen LogP contribution in [0.4, 0.5) is 0 Å². The summed E-state index contributed by atoms with van der Waals surface area (Å²) in [5.74, 6) is -0.385. The summed E-state index contributed by atoms with van der Waals surface area (Å²) in [6.07, 6.45) is 2.78. The number of hydrogen-bond donors (Lipinski definition) is 0. The lowest BCUT2D eigenvalue weighted by Gasteiger charge is -2.33. The molecule has 3 nitrogen and oxygen atoms in total.